The molecule has 1 heterocycles. The molecule has 12 heavy (non-hydrogen) atoms. The third kappa shape index (κ3) is 1.53. The number of rotatable bonds is 3. The van der Waals surface area contributed by atoms with Crippen LogP contribution >= 0.6 is 0 Å². The molecule has 1 N–H and O–H groups in total. The molecule has 0 spiro atoms. The average Bonchev–Trinajstić information content (AvgIpc) is 2.33. The summed E-state index contributed by atoms with van der Waals surface area (Å²) in [5, 5.41) is 3.50. The number of furan rings is 1. The molecule has 1 fully saturated rings. The van der Waals surface area contributed by atoms with Crippen LogP contribution in [0.2, 0.25) is 0 Å². The Morgan fingerprint density at radius 1 is 1.58 bits per heavy atom. The van der Waals surface area contributed by atoms with E-state index in [0.717, 1.165) is 18.3 Å². The van der Waals surface area contributed by atoms with Gasteiger partial charge in [0.2, 0.25) is 0 Å². The molecule has 1 aliphatic rings. The van der Waals surface area contributed by atoms with Crippen LogP contribution in [0.4, 0.5) is 0 Å². The largest absolute Gasteiger partial charge is 0.469 e. The monoisotopic (exact) mass is 165 g/mol. The highest BCUT2D eigenvalue weighted by Gasteiger charge is 2.16. The van der Waals surface area contributed by atoms with Gasteiger partial charge in [0.25, 0.3) is 0 Å². The maximum atomic E-state index is 5.21. The van der Waals surface area contributed by atoms with Crippen molar-refractivity contribution in [2.45, 2.75) is 38.8 Å². The normalized spacial score (nSPS) is 17.8. The Morgan fingerprint density at radius 2 is 2.42 bits per heavy atom. The van der Waals surface area contributed by atoms with Gasteiger partial charge in [-0.3, -0.25) is 0 Å². The van der Waals surface area contributed by atoms with E-state index in [2.05, 4.69) is 5.32 Å². The Kier molecular flexibility index (Phi) is 2.17. The predicted molar refractivity (Wildman–Crippen MR) is 47.9 cm³/mol. The molecular formula is C10H15NO. The fourth-order valence-corrected chi connectivity index (χ4v) is 1.46. The second kappa shape index (κ2) is 3.31. The van der Waals surface area contributed by atoms with E-state index in [4.69, 9.17) is 4.42 Å². The first kappa shape index (κ1) is 7.87. The number of hydrogen-bond acceptors (Lipinski definition) is 2. The summed E-state index contributed by atoms with van der Waals surface area (Å²) in [6.07, 6.45) is 5.84. The molecule has 1 aliphatic carbocycles. The minimum Gasteiger partial charge on any atom is -0.469 e. The van der Waals surface area contributed by atoms with Gasteiger partial charge >= 0.3 is 0 Å². The van der Waals surface area contributed by atoms with E-state index < -0.39 is 0 Å². The van der Waals surface area contributed by atoms with Crippen molar-refractivity contribution in [3.8, 4) is 0 Å². The van der Waals surface area contributed by atoms with Crippen LogP contribution in [-0.2, 0) is 6.54 Å². The van der Waals surface area contributed by atoms with Crippen molar-refractivity contribution in [2.24, 2.45) is 0 Å². The number of aryl methyl sites for hydroxylation is 1. The van der Waals surface area contributed by atoms with Gasteiger partial charge in [0.15, 0.2) is 0 Å². The first-order valence-corrected chi connectivity index (χ1v) is 4.62. The third-order valence-electron chi connectivity index (χ3n) is 2.65. The number of nitrogens with one attached hydrogen (secondary N) is 1. The van der Waals surface area contributed by atoms with E-state index in [1.54, 1.807) is 6.26 Å². The summed E-state index contributed by atoms with van der Waals surface area (Å²) < 4.78 is 5.21. The van der Waals surface area contributed by atoms with Crippen molar-refractivity contribution in [1.82, 2.24) is 5.32 Å². The van der Waals surface area contributed by atoms with Gasteiger partial charge in [-0.05, 0) is 25.8 Å². The number of hydrogen-bond donors (Lipinski definition) is 1. The Labute approximate surface area is 73.0 Å². The first-order valence-electron chi connectivity index (χ1n) is 4.62. The van der Waals surface area contributed by atoms with Crippen LogP contribution < -0.4 is 5.32 Å². The zero-order chi connectivity index (χ0) is 8.39. The summed E-state index contributed by atoms with van der Waals surface area (Å²) in [6.45, 7) is 2.98. The highest BCUT2D eigenvalue weighted by atomic mass is 16.3. The van der Waals surface area contributed by atoms with Gasteiger partial charge in [-0.1, -0.05) is 6.42 Å². The maximum absolute atomic E-state index is 5.21. The van der Waals surface area contributed by atoms with Crippen LogP contribution in [0.5, 0.6) is 0 Å². The molecule has 2 rings (SSSR count). The van der Waals surface area contributed by atoms with E-state index >= 15 is 0 Å². The summed E-state index contributed by atoms with van der Waals surface area (Å²) in [5.41, 5.74) is 1.29. The summed E-state index contributed by atoms with van der Waals surface area (Å²) in [4.78, 5) is 0. The fraction of sp³-hybridized carbons (Fsp3) is 0.600. The Balaban J connectivity index is 1.82. The third-order valence-corrected chi connectivity index (χ3v) is 2.65. The molecule has 1 aromatic heterocycles. The van der Waals surface area contributed by atoms with E-state index in [9.17, 15) is 0 Å². The van der Waals surface area contributed by atoms with Gasteiger partial charge in [-0.25, -0.2) is 0 Å². The Morgan fingerprint density at radius 3 is 2.92 bits per heavy atom. The molecule has 1 saturated carbocycles. The fourth-order valence-electron chi connectivity index (χ4n) is 1.46. The van der Waals surface area contributed by atoms with E-state index in [1.165, 1.54) is 24.8 Å². The molecule has 0 saturated heterocycles. The minimum absolute atomic E-state index is 0.763. The van der Waals surface area contributed by atoms with Crippen molar-refractivity contribution >= 4 is 0 Å². The lowest BCUT2D eigenvalue weighted by Gasteiger charge is -2.26. The molecular weight excluding hydrogens is 150 g/mol. The molecule has 66 valence electrons. The van der Waals surface area contributed by atoms with E-state index in [1.807, 2.05) is 13.0 Å². The van der Waals surface area contributed by atoms with Gasteiger partial charge in [-0.15, -0.1) is 0 Å². The molecule has 0 radical (unpaired) electrons. The maximum Gasteiger partial charge on any atom is 0.105 e. The molecule has 1 aromatic rings. The van der Waals surface area contributed by atoms with Crippen LogP contribution in [-0.4, -0.2) is 6.04 Å². The second-order valence-electron chi connectivity index (χ2n) is 3.51. The standard InChI is InChI=1S/C10H15NO/c1-8-9(5-6-12-8)7-11-10-3-2-4-10/h5-6,10-11H,2-4,7H2,1H3. The molecule has 2 heteroatoms. The van der Waals surface area contributed by atoms with Crippen molar-refractivity contribution in [3.05, 3.63) is 23.7 Å². The lowest BCUT2D eigenvalue weighted by molar-refractivity contribution is 0.337. The SMILES string of the molecule is Cc1occc1CNC1CCC1. The summed E-state index contributed by atoms with van der Waals surface area (Å²) in [6, 6.07) is 2.81. The van der Waals surface area contributed by atoms with Crippen LogP contribution in [0.25, 0.3) is 0 Å². The van der Waals surface area contributed by atoms with Crippen molar-refractivity contribution in [1.29, 1.82) is 0 Å². The predicted octanol–water partition coefficient (Wildman–Crippen LogP) is 2.23. The van der Waals surface area contributed by atoms with Crippen molar-refractivity contribution < 1.29 is 4.42 Å². The molecule has 0 unspecified atom stereocenters. The Hall–Kier alpha value is -0.760. The molecule has 0 bridgehead atoms. The first-order chi connectivity index (χ1) is 5.86. The Bertz CT molecular complexity index is 250. The topological polar surface area (TPSA) is 25.2 Å². The van der Waals surface area contributed by atoms with Crippen molar-refractivity contribution in [2.75, 3.05) is 0 Å². The highest BCUT2D eigenvalue weighted by Crippen LogP contribution is 2.19. The second-order valence-corrected chi connectivity index (χ2v) is 3.51. The van der Waals surface area contributed by atoms with Crippen LogP contribution in [0.15, 0.2) is 16.7 Å². The summed E-state index contributed by atoms with van der Waals surface area (Å²) in [7, 11) is 0. The highest BCUT2D eigenvalue weighted by molar-refractivity contribution is 5.15. The molecule has 0 aliphatic heterocycles. The molecule has 2 nitrogen and oxygen atoms in total. The van der Waals surface area contributed by atoms with Crippen molar-refractivity contribution in [3.63, 3.8) is 0 Å². The van der Waals surface area contributed by atoms with Crippen LogP contribution in [0.1, 0.15) is 30.6 Å². The lowest BCUT2D eigenvalue weighted by Crippen LogP contribution is -2.34. The quantitative estimate of drug-likeness (QED) is 0.743. The summed E-state index contributed by atoms with van der Waals surface area (Å²) in [5.74, 6) is 1.04. The summed E-state index contributed by atoms with van der Waals surface area (Å²) >= 11 is 0. The smallest absolute Gasteiger partial charge is 0.105 e. The van der Waals surface area contributed by atoms with E-state index in [-0.39, 0.29) is 0 Å². The molecule has 0 amide bonds. The lowest BCUT2D eigenvalue weighted by atomic mass is 9.93. The van der Waals surface area contributed by atoms with Gasteiger partial charge in [0.05, 0.1) is 6.26 Å². The average molecular weight is 165 g/mol. The van der Waals surface area contributed by atoms with E-state index in [0.29, 0.717) is 0 Å². The van der Waals surface area contributed by atoms with Crippen LogP contribution in [0.3, 0.4) is 0 Å². The van der Waals surface area contributed by atoms with Gasteiger partial charge < -0.3 is 9.73 Å². The zero-order valence-electron chi connectivity index (χ0n) is 7.47. The van der Waals surface area contributed by atoms with Crippen LogP contribution in [0, 0.1) is 6.92 Å². The van der Waals surface area contributed by atoms with Gasteiger partial charge in [0, 0.05) is 18.2 Å². The zero-order valence-corrected chi connectivity index (χ0v) is 7.47. The minimum atomic E-state index is 0.763. The molecule has 0 atom stereocenters. The van der Waals surface area contributed by atoms with Gasteiger partial charge in [-0.2, -0.15) is 0 Å². The van der Waals surface area contributed by atoms with Gasteiger partial charge in [0.1, 0.15) is 5.76 Å². The molecule has 0 aromatic carbocycles.